The van der Waals surface area contributed by atoms with E-state index in [0.29, 0.717) is 13.0 Å². The topological polar surface area (TPSA) is 38.8 Å². The highest BCUT2D eigenvalue weighted by molar-refractivity contribution is 5.78. The van der Waals surface area contributed by atoms with E-state index in [2.05, 4.69) is 11.8 Å². The molecule has 2 atom stereocenters. The van der Waals surface area contributed by atoms with Gasteiger partial charge in [0.25, 0.3) is 0 Å². The quantitative estimate of drug-likeness (QED) is 0.743. The average Bonchev–Trinajstić information content (AvgIpc) is 3.00. The number of likely N-dealkylation sites (tertiary alicyclic amines) is 1. The van der Waals surface area contributed by atoms with Crippen molar-refractivity contribution in [2.24, 2.45) is 0 Å². The van der Waals surface area contributed by atoms with Gasteiger partial charge < -0.3 is 14.4 Å². The van der Waals surface area contributed by atoms with E-state index in [1.165, 1.54) is 0 Å². The largest absolute Gasteiger partial charge is 0.382 e. The molecule has 2 aliphatic rings. The molecule has 0 aliphatic carbocycles. The molecule has 2 heterocycles. The van der Waals surface area contributed by atoms with Gasteiger partial charge in [-0.05, 0) is 32.1 Å². The fourth-order valence-corrected chi connectivity index (χ4v) is 3.65. The van der Waals surface area contributed by atoms with Gasteiger partial charge in [-0.15, -0.1) is 0 Å². The maximum atomic E-state index is 12.6. The molecule has 110 valence electrons. The van der Waals surface area contributed by atoms with Crippen molar-refractivity contribution in [1.29, 1.82) is 0 Å². The summed E-state index contributed by atoms with van der Waals surface area (Å²) in [5.74, 6) is 0.259. The van der Waals surface area contributed by atoms with E-state index in [0.717, 1.165) is 51.7 Å². The van der Waals surface area contributed by atoms with Crippen LogP contribution in [0.1, 0.15) is 51.9 Å². The first-order valence-corrected chi connectivity index (χ1v) is 7.63. The monoisotopic (exact) mass is 269 g/mol. The van der Waals surface area contributed by atoms with Crippen LogP contribution in [0.25, 0.3) is 0 Å². The number of ether oxygens (including phenoxy) is 2. The molecule has 2 rings (SSSR count). The van der Waals surface area contributed by atoms with Crippen molar-refractivity contribution in [3.8, 4) is 0 Å². The summed E-state index contributed by atoms with van der Waals surface area (Å²) in [6, 6.07) is 0. The highest BCUT2D eigenvalue weighted by Gasteiger charge is 2.43. The van der Waals surface area contributed by atoms with Crippen LogP contribution in [0.3, 0.4) is 0 Å². The van der Waals surface area contributed by atoms with E-state index >= 15 is 0 Å². The van der Waals surface area contributed by atoms with Crippen LogP contribution in [0.15, 0.2) is 0 Å². The lowest BCUT2D eigenvalue weighted by molar-refractivity contribution is -0.140. The van der Waals surface area contributed by atoms with Crippen LogP contribution in [0.4, 0.5) is 0 Å². The molecule has 0 aromatic carbocycles. The van der Waals surface area contributed by atoms with E-state index in [-0.39, 0.29) is 17.6 Å². The molecule has 0 unspecified atom stereocenters. The molecular weight excluding hydrogens is 242 g/mol. The lowest BCUT2D eigenvalue weighted by atomic mass is 9.91. The van der Waals surface area contributed by atoms with E-state index in [4.69, 9.17) is 9.47 Å². The smallest absolute Gasteiger partial charge is 0.225 e. The number of hydrogen-bond donors (Lipinski definition) is 0. The SMILES string of the molecule is CCC[C@@]1(COC)CCCN1C(=O)C[C@H]1CCCO1. The molecule has 19 heavy (non-hydrogen) atoms. The minimum atomic E-state index is -0.0564. The predicted molar refractivity (Wildman–Crippen MR) is 74.1 cm³/mol. The lowest BCUT2D eigenvalue weighted by Gasteiger charge is -2.38. The van der Waals surface area contributed by atoms with Crippen molar-refractivity contribution < 1.29 is 14.3 Å². The van der Waals surface area contributed by atoms with Gasteiger partial charge in [-0.3, -0.25) is 4.79 Å². The molecule has 0 spiro atoms. The third-order valence-corrected chi connectivity index (χ3v) is 4.45. The second-order valence-corrected chi connectivity index (χ2v) is 5.90. The Morgan fingerprint density at radius 3 is 2.95 bits per heavy atom. The van der Waals surface area contributed by atoms with Gasteiger partial charge in [-0.2, -0.15) is 0 Å². The normalized spacial score (nSPS) is 31.1. The zero-order chi connectivity index (χ0) is 13.7. The van der Waals surface area contributed by atoms with Gasteiger partial charge in [0.15, 0.2) is 0 Å². The Morgan fingerprint density at radius 1 is 1.47 bits per heavy atom. The highest BCUT2D eigenvalue weighted by atomic mass is 16.5. The summed E-state index contributed by atoms with van der Waals surface area (Å²) in [6.45, 7) is 4.54. The zero-order valence-electron chi connectivity index (χ0n) is 12.3. The second-order valence-electron chi connectivity index (χ2n) is 5.90. The average molecular weight is 269 g/mol. The predicted octanol–water partition coefficient (Wildman–Crippen LogP) is 2.36. The van der Waals surface area contributed by atoms with Crippen molar-refractivity contribution in [2.75, 3.05) is 26.9 Å². The maximum Gasteiger partial charge on any atom is 0.225 e. The lowest BCUT2D eigenvalue weighted by Crippen LogP contribution is -2.51. The molecule has 2 saturated heterocycles. The number of amides is 1. The van der Waals surface area contributed by atoms with Crippen LogP contribution in [0, 0.1) is 0 Å². The van der Waals surface area contributed by atoms with Crippen LogP contribution in [0.2, 0.25) is 0 Å². The third-order valence-electron chi connectivity index (χ3n) is 4.45. The Balaban J connectivity index is 2.00. The molecule has 4 nitrogen and oxygen atoms in total. The number of carbonyl (C=O) groups is 1. The number of methoxy groups -OCH3 is 1. The Kier molecular flexibility index (Phi) is 5.22. The minimum Gasteiger partial charge on any atom is -0.382 e. The summed E-state index contributed by atoms with van der Waals surface area (Å²) in [6.07, 6.45) is 7.13. The van der Waals surface area contributed by atoms with Gasteiger partial charge in [-0.1, -0.05) is 13.3 Å². The van der Waals surface area contributed by atoms with Crippen LogP contribution >= 0.6 is 0 Å². The van der Waals surface area contributed by atoms with Crippen molar-refractivity contribution in [1.82, 2.24) is 4.90 Å². The standard InChI is InChI=1S/C15H27NO3/c1-3-7-15(12-18-2)8-5-9-16(15)14(17)11-13-6-4-10-19-13/h13H,3-12H2,1-2H3/t13-,15+/m1/s1. The van der Waals surface area contributed by atoms with Gasteiger partial charge >= 0.3 is 0 Å². The Labute approximate surface area is 116 Å². The van der Waals surface area contributed by atoms with Crippen molar-refractivity contribution in [3.63, 3.8) is 0 Å². The first-order chi connectivity index (χ1) is 9.22. The summed E-state index contributed by atoms with van der Waals surface area (Å²) in [7, 11) is 1.73. The van der Waals surface area contributed by atoms with Gasteiger partial charge in [-0.25, -0.2) is 0 Å². The van der Waals surface area contributed by atoms with Gasteiger partial charge in [0.05, 0.1) is 24.7 Å². The Bertz CT molecular complexity index is 294. The van der Waals surface area contributed by atoms with Crippen LogP contribution < -0.4 is 0 Å². The van der Waals surface area contributed by atoms with Crippen LogP contribution in [-0.4, -0.2) is 49.3 Å². The summed E-state index contributed by atoms with van der Waals surface area (Å²) in [4.78, 5) is 14.6. The summed E-state index contributed by atoms with van der Waals surface area (Å²) >= 11 is 0. The molecule has 2 fully saturated rings. The highest BCUT2D eigenvalue weighted by Crippen LogP contribution is 2.35. The molecule has 0 N–H and O–H groups in total. The Hall–Kier alpha value is -0.610. The number of hydrogen-bond acceptors (Lipinski definition) is 3. The fraction of sp³-hybridized carbons (Fsp3) is 0.933. The molecule has 4 heteroatoms. The molecule has 0 saturated carbocycles. The zero-order valence-corrected chi connectivity index (χ0v) is 12.3. The third kappa shape index (κ3) is 3.29. The van der Waals surface area contributed by atoms with Crippen LogP contribution in [0.5, 0.6) is 0 Å². The molecule has 0 radical (unpaired) electrons. The Morgan fingerprint density at radius 2 is 2.32 bits per heavy atom. The number of carbonyl (C=O) groups excluding carboxylic acids is 1. The number of rotatable bonds is 6. The van der Waals surface area contributed by atoms with Crippen molar-refractivity contribution in [3.05, 3.63) is 0 Å². The fourth-order valence-electron chi connectivity index (χ4n) is 3.65. The maximum absolute atomic E-state index is 12.6. The molecule has 0 aromatic rings. The summed E-state index contributed by atoms with van der Waals surface area (Å²) in [5.41, 5.74) is -0.0564. The van der Waals surface area contributed by atoms with Crippen molar-refractivity contribution in [2.45, 2.75) is 63.5 Å². The molecule has 2 aliphatic heterocycles. The van der Waals surface area contributed by atoms with Gasteiger partial charge in [0.2, 0.25) is 5.91 Å². The van der Waals surface area contributed by atoms with Gasteiger partial charge in [0.1, 0.15) is 0 Å². The van der Waals surface area contributed by atoms with E-state index in [1.54, 1.807) is 7.11 Å². The second kappa shape index (κ2) is 6.71. The molecule has 1 amide bonds. The first-order valence-electron chi connectivity index (χ1n) is 7.63. The van der Waals surface area contributed by atoms with Crippen LogP contribution in [-0.2, 0) is 14.3 Å². The minimum absolute atomic E-state index is 0.0564. The van der Waals surface area contributed by atoms with E-state index in [1.807, 2.05) is 0 Å². The van der Waals surface area contributed by atoms with E-state index in [9.17, 15) is 4.79 Å². The van der Waals surface area contributed by atoms with Crippen molar-refractivity contribution >= 4 is 5.91 Å². The molecule has 0 aromatic heterocycles. The summed E-state index contributed by atoms with van der Waals surface area (Å²) in [5, 5.41) is 0. The summed E-state index contributed by atoms with van der Waals surface area (Å²) < 4.78 is 11.0. The first kappa shape index (κ1) is 14.8. The number of nitrogens with zero attached hydrogens (tertiary/aromatic N) is 1. The van der Waals surface area contributed by atoms with E-state index < -0.39 is 0 Å². The molecule has 0 bridgehead atoms. The van der Waals surface area contributed by atoms with Gasteiger partial charge in [0, 0.05) is 20.3 Å². The molecular formula is C15H27NO3.